The van der Waals surface area contributed by atoms with Gasteiger partial charge in [0.25, 0.3) is 5.56 Å². The minimum Gasteiger partial charge on any atom is -0.489 e. The van der Waals surface area contributed by atoms with Gasteiger partial charge in [-0.2, -0.15) is 0 Å². The lowest BCUT2D eigenvalue weighted by molar-refractivity contribution is -0.136. The van der Waals surface area contributed by atoms with E-state index in [1.807, 2.05) is 69.3 Å². The topological polar surface area (TPSA) is 69.9 Å². The van der Waals surface area contributed by atoms with Crippen LogP contribution in [0.2, 0.25) is 0 Å². The lowest BCUT2D eigenvalue weighted by atomic mass is 9.95. The fourth-order valence-corrected chi connectivity index (χ4v) is 7.07. The number of nitrogens with zero attached hydrogens (tertiary/aromatic N) is 2. The fraction of sp³-hybridized carbons (Fsp3) is 0.269. The molecule has 3 aromatic rings. The number of carbonyl (C=O) groups excluding carboxylic acids is 1. The second-order valence-corrected chi connectivity index (χ2v) is 11.5. The average molecular weight is 714 g/mol. The third kappa shape index (κ3) is 5.26. The van der Waals surface area contributed by atoms with Crippen LogP contribution in [0.3, 0.4) is 0 Å². The van der Waals surface area contributed by atoms with Crippen LogP contribution < -0.4 is 19.6 Å². The maximum atomic E-state index is 13.7. The summed E-state index contributed by atoms with van der Waals surface area (Å²) in [4.78, 5) is 31.8. The van der Waals surface area contributed by atoms with E-state index in [0.717, 1.165) is 24.0 Å². The van der Waals surface area contributed by atoms with E-state index in [1.54, 1.807) is 4.57 Å². The van der Waals surface area contributed by atoms with E-state index in [1.165, 1.54) is 18.4 Å². The number of allylic oxidation sites excluding steroid dienone is 1. The molecule has 35 heavy (non-hydrogen) atoms. The number of hydrogen-bond acceptors (Lipinski definition) is 6. The van der Waals surface area contributed by atoms with E-state index >= 15 is 0 Å². The minimum absolute atomic E-state index is 0.0707. The predicted molar refractivity (Wildman–Crippen MR) is 154 cm³/mol. The molecule has 182 valence electrons. The number of thiazole rings is 1. The van der Waals surface area contributed by atoms with Crippen LogP contribution in [0.1, 0.15) is 44.4 Å². The van der Waals surface area contributed by atoms with E-state index in [9.17, 15) is 9.59 Å². The monoisotopic (exact) mass is 714 g/mol. The Morgan fingerprint density at radius 3 is 2.43 bits per heavy atom. The number of rotatable bonds is 6. The van der Waals surface area contributed by atoms with Crippen molar-refractivity contribution in [3.8, 4) is 5.75 Å². The third-order valence-corrected chi connectivity index (χ3v) is 8.02. The molecule has 0 fully saturated rings. The lowest BCUT2D eigenvalue weighted by Gasteiger charge is -2.25. The number of halogens is 2. The Morgan fingerprint density at radius 2 is 1.86 bits per heavy atom. The summed E-state index contributed by atoms with van der Waals surface area (Å²) in [6.07, 6.45) is 2.50. The van der Waals surface area contributed by atoms with Crippen LogP contribution in [0.4, 0.5) is 0 Å². The first-order chi connectivity index (χ1) is 16.7. The Balaban J connectivity index is 1.93. The molecule has 0 unspecified atom stereocenters. The molecule has 0 radical (unpaired) electrons. The second kappa shape index (κ2) is 11.0. The summed E-state index contributed by atoms with van der Waals surface area (Å²) in [5.41, 5.74) is 2.59. The highest BCUT2D eigenvalue weighted by Gasteiger charge is 2.33. The summed E-state index contributed by atoms with van der Waals surface area (Å²) < 4.78 is 15.2. The summed E-state index contributed by atoms with van der Waals surface area (Å²) in [7, 11) is 1.35. The first-order valence-corrected chi connectivity index (χ1v) is 14.1. The SMILES string of the molecule is CCC1=C(C(=O)OC)[C@H](c2ccccc2)n2c(s/c(=C/c3cc(I)c(OC(C)C)c(I)c3)c2=O)=N1. The zero-order valence-corrected chi connectivity index (χ0v) is 24.8. The summed E-state index contributed by atoms with van der Waals surface area (Å²) >= 11 is 5.85. The van der Waals surface area contributed by atoms with E-state index in [2.05, 4.69) is 45.2 Å². The second-order valence-electron chi connectivity index (χ2n) is 8.18. The normalized spacial score (nSPS) is 15.7. The zero-order chi connectivity index (χ0) is 25.3. The van der Waals surface area contributed by atoms with Gasteiger partial charge in [-0.05, 0) is 94.8 Å². The van der Waals surface area contributed by atoms with Gasteiger partial charge in [-0.1, -0.05) is 48.6 Å². The number of carbonyl (C=O) groups is 1. The van der Waals surface area contributed by atoms with Crippen LogP contribution in [0, 0.1) is 7.14 Å². The molecule has 6 nitrogen and oxygen atoms in total. The van der Waals surface area contributed by atoms with E-state index < -0.39 is 12.0 Å². The van der Waals surface area contributed by atoms with Gasteiger partial charge in [0.2, 0.25) is 0 Å². The molecule has 0 spiro atoms. The van der Waals surface area contributed by atoms with Gasteiger partial charge in [0, 0.05) is 0 Å². The van der Waals surface area contributed by atoms with Crippen molar-refractivity contribution in [2.75, 3.05) is 7.11 Å². The summed E-state index contributed by atoms with van der Waals surface area (Å²) in [5.74, 6) is 0.373. The molecule has 1 aromatic heterocycles. The van der Waals surface area contributed by atoms with E-state index in [4.69, 9.17) is 14.5 Å². The van der Waals surface area contributed by atoms with Crippen molar-refractivity contribution in [1.29, 1.82) is 0 Å². The van der Waals surface area contributed by atoms with Crippen LogP contribution >= 0.6 is 56.5 Å². The number of fused-ring (bicyclic) bond motifs is 1. The third-order valence-electron chi connectivity index (χ3n) is 5.44. The van der Waals surface area contributed by atoms with Crippen molar-refractivity contribution in [3.05, 3.63) is 91.7 Å². The largest absolute Gasteiger partial charge is 0.489 e. The van der Waals surface area contributed by atoms with Crippen LogP contribution in [0.5, 0.6) is 5.75 Å². The smallest absolute Gasteiger partial charge is 0.338 e. The standard InChI is InChI=1S/C26H24I2N2O4S/c1-5-19-21(25(32)33-4)22(16-9-7-6-8-10-16)30-24(31)20(35-26(30)29-19)13-15-11-17(27)23(18(28)12-15)34-14(2)3/h6-14,22H,5H2,1-4H3/b20-13+/t22-/m0/s1. The maximum absolute atomic E-state index is 13.7. The van der Waals surface area contributed by atoms with Crippen molar-refractivity contribution >= 4 is 68.6 Å². The maximum Gasteiger partial charge on any atom is 0.338 e. The lowest BCUT2D eigenvalue weighted by Crippen LogP contribution is -2.40. The van der Waals surface area contributed by atoms with Crippen LogP contribution in [-0.2, 0) is 9.53 Å². The molecule has 1 aliphatic heterocycles. The number of methoxy groups -OCH3 is 1. The van der Waals surface area contributed by atoms with E-state index in [0.29, 0.717) is 27.0 Å². The molecule has 0 amide bonds. The molecule has 0 bridgehead atoms. The van der Waals surface area contributed by atoms with Gasteiger partial charge >= 0.3 is 5.97 Å². The van der Waals surface area contributed by atoms with Crippen molar-refractivity contribution in [2.24, 2.45) is 4.99 Å². The Bertz CT molecular complexity index is 1470. The van der Waals surface area contributed by atoms with Crippen molar-refractivity contribution in [3.63, 3.8) is 0 Å². The molecule has 4 rings (SSSR count). The zero-order valence-electron chi connectivity index (χ0n) is 19.7. The van der Waals surface area contributed by atoms with E-state index in [-0.39, 0.29) is 11.7 Å². The molecular weight excluding hydrogens is 690 g/mol. The molecule has 1 aliphatic rings. The highest BCUT2D eigenvalue weighted by Crippen LogP contribution is 2.32. The van der Waals surface area contributed by atoms with Crippen LogP contribution in [0.15, 0.2) is 63.5 Å². The molecule has 0 N–H and O–H groups in total. The van der Waals surface area contributed by atoms with Gasteiger partial charge < -0.3 is 9.47 Å². The fourth-order valence-electron chi connectivity index (χ4n) is 3.98. The van der Waals surface area contributed by atoms with Gasteiger partial charge in [0.15, 0.2) is 4.80 Å². The van der Waals surface area contributed by atoms with Crippen LogP contribution in [-0.4, -0.2) is 23.8 Å². The minimum atomic E-state index is -0.598. The molecule has 9 heteroatoms. The van der Waals surface area contributed by atoms with Crippen LogP contribution in [0.25, 0.3) is 6.08 Å². The van der Waals surface area contributed by atoms with Gasteiger partial charge in [0.1, 0.15) is 5.75 Å². The quantitative estimate of drug-likeness (QED) is 0.272. The highest BCUT2D eigenvalue weighted by molar-refractivity contribution is 14.1. The summed E-state index contributed by atoms with van der Waals surface area (Å²) in [6, 6.07) is 13.0. The average Bonchev–Trinajstić information content (AvgIpc) is 3.14. The predicted octanol–water partition coefficient (Wildman–Crippen LogP) is 4.79. The number of hydrogen-bond donors (Lipinski definition) is 0. The molecular formula is C26H24I2N2O4S. The molecule has 2 aromatic carbocycles. The number of ether oxygens (including phenoxy) is 2. The van der Waals surface area contributed by atoms with Crippen molar-refractivity contribution in [1.82, 2.24) is 4.57 Å². The first-order valence-electron chi connectivity index (χ1n) is 11.1. The Hall–Kier alpha value is -1.99. The van der Waals surface area contributed by atoms with Gasteiger partial charge in [-0.15, -0.1) is 0 Å². The summed E-state index contributed by atoms with van der Waals surface area (Å²) in [6.45, 7) is 5.94. The Labute approximate surface area is 234 Å². The molecule has 0 aliphatic carbocycles. The van der Waals surface area contributed by atoms with Crippen molar-refractivity contribution in [2.45, 2.75) is 39.3 Å². The molecule has 0 saturated carbocycles. The van der Waals surface area contributed by atoms with Gasteiger partial charge in [-0.3, -0.25) is 9.36 Å². The molecule has 0 saturated heterocycles. The van der Waals surface area contributed by atoms with Gasteiger partial charge in [-0.25, -0.2) is 9.79 Å². The Morgan fingerprint density at radius 1 is 1.20 bits per heavy atom. The Kier molecular flexibility index (Phi) is 8.16. The number of esters is 1. The molecule has 2 heterocycles. The van der Waals surface area contributed by atoms with Gasteiger partial charge in [0.05, 0.1) is 42.2 Å². The number of aromatic nitrogens is 1. The number of benzene rings is 2. The summed E-state index contributed by atoms with van der Waals surface area (Å²) in [5, 5.41) is 0. The van der Waals surface area contributed by atoms with Crippen molar-refractivity contribution < 1.29 is 14.3 Å². The molecule has 1 atom stereocenters. The highest BCUT2D eigenvalue weighted by atomic mass is 127. The first kappa shape index (κ1) is 26.1.